The lowest BCUT2D eigenvalue weighted by atomic mass is 9.97. The molecule has 3 N–H and O–H groups in total. The van der Waals surface area contributed by atoms with Crippen molar-refractivity contribution in [1.82, 2.24) is 15.5 Å². The number of primary sulfonamides is 1. The van der Waals surface area contributed by atoms with Gasteiger partial charge in [-0.05, 0) is 61.2 Å². The summed E-state index contributed by atoms with van der Waals surface area (Å²) in [5.41, 5.74) is 1.59. The van der Waals surface area contributed by atoms with Crippen molar-refractivity contribution in [3.05, 3.63) is 60.4 Å². The number of benzene rings is 1. The first-order chi connectivity index (χ1) is 15.4. The van der Waals surface area contributed by atoms with Crippen molar-refractivity contribution in [1.29, 1.82) is 0 Å². The molecule has 0 radical (unpaired) electrons. The largest absolute Gasteiger partial charge is 0.463 e. The summed E-state index contributed by atoms with van der Waals surface area (Å²) in [6.45, 7) is 1.89. The lowest BCUT2D eigenvalue weighted by Gasteiger charge is -2.32. The van der Waals surface area contributed by atoms with Crippen molar-refractivity contribution < 1.29 is 17.6 Å². The van der Waals surface area contributed by atoms with E-state index < -0.39 is 10.0 Å². The van der Waals surface area contributed by atoms with Crippen LogP contribution in [0, 0.1) is 5.92 Å². The maximum atomic E-state index is 12.7. The number of rotatable bonds is 7. The molecule has 0 aliphatic carbocycles. The van der Waals surface area contributed by atoms with Gasteiger partial charge in [-0.1, -0.05) is 12.1 Å². The summed E-state index contributed by atoms with van der Waals surface area (Å²) in [5, 5.41) is 16.6. The summed E-state index contributed by atoms with van der Waals surface area (Å²) in [6.07, 6.45) is 3.92. The lowest BCUT2D eigenvalue weighted by Crippen LogP contribution is -2.43. The van der Waals surface area contributed by atoms with E-state index in [2.05, 4.69) is 20.4 Å². The second kappa shape index (κ2) is 9.49. The number of nitrogens with two attached hydrogens (primary N) is 1. The normalized spacial score (nSPS) is 16.7. The van der Waals surface area contributed by atoms with Crippen molar-refractivity contribution in [2.24, 2.45) is 11.1 Å². The van der Waals surface area contributed by atoms with Crippen molar-refractivity contribution in [2.75, 3.05) is 24.5 Å². The van der Waals surface area contributed by atoms with Gasteiger partial charge in [-0.2, -0.15) is 0 Å². The van der Waals surface area contributed by atoms with Crippen LogP contribution in [0.4, 0.5) is 5.82 Å². The molecular weight excluding hydrogens is 430 g/mol. The maximum Gasteiger partial charge on any atom is 0.238 e. The van der Waals surface area contributed by atoms with E-state index in [1.54, 1.807) is 24.5 Å². The average molecular weight is 456 g/mol. The van der Waals surface area contributed by atoms with Crippen LogP contribution >= 0.6 is 0 Å². The van der Waals surface area contributed by atoms with Crippen LogP contribution in [0.1, 0.15) is 18.4 Å². The Hall–Kier alpha value is -3.24. The van der Waals surface area contributed by atoms with Crippen LogP contribution in [-0.2, 0) is 21.2 Å². The van der Waals surface area contributed by atoms with Crippen molar-refractivity contribution >= 4 is 21.7 Å². The maximum absolute atomic E-state index is 12.7. The number of amides is 1. The number of aromatic nitrogens is 2. The third-order valence-electron chi connectivity index (χ3n) is 5.51. The van der Waals surface area contributed by atoms with Gasteiger partial charge >= 0.3 is 0 Å². The Morgan fingerprint density at radius 1 is 1.16 bits per heavy atom. The van der Waals surface area contributed by atoms with Gasteiger partial charge in [0, 0.05) is 19.6 Å². The molecule has 3 aromatic rings. The molecule has 10 heteroatoms. The molecule has 32 heavy (non-hydrogen) atoms. The molecule has 3 heterocycles. The molecule has 1 atom stereocenters. The second-order valence-electron chi connectivity index (χ2n) is 7.77. The lowest BCUT2D eigenvalue weighted by molar-refractivity contribution is -0.125. The van der Waals surface area contributed by atoms with Crippen LogP contribution in [0.25, 0.3) is 11.5 Å². The fourth-order valence-corrected chi connectivity index (χ4v) is 4.28. The molecule has 1 aromatic carbocycles. The van der Waals surface area contributed by atoms with E-state index in [0.29, 0.717) is 31.0 Å². The highest BCUT2D eigenvalue weighted by Gasteiger charge is 2.26. The first-order valence-corrected chi connectivity index (χ1v) is 12.0. The molecule has 0 bridgehead atoms. The number of piperidine rings is 1. The third kappa shape index (κ3) is 5.32. The van der Waals surface area contributed by atoms with Gasteiger partial charge in [0.05, 0.1) is 17.1 Å². The average Bonchev–Trinajstić information content (AvgIpc) is 3.34. The molecule has 1 unspecified atom stereocenters. The predicted octanol–water partition coefficient (Wildman–Crippen LogP) is 1.96. The summed E-state index contributed by atoms with van der Waals surface area (Å²) in [4.78, 5) is 14.8. The first kappa shape index (κ1) is 22.0. The highest BCUT2D eigenvalue weighted by atomic mass is 32.2. The minimum Gasteiger partial charge on any atom is -0.463 e. The quantitative estimate of drug-likeness (QED) is 0.557. The van der Waals surface area contributed by atoms with Gasteiger partial charge in [-0.3, -0.25) is 4.79 Å². The topological polar surface area (TPSA) is 131 Å². The van der Waals surface area contributed by atoms with E-state index >= 15 is 0 Å². The SMILES string of the molecule is NS(=O)(=O)c1ccc(CCNC(=O)C2CCCN(c3ccc(-c4ccco4)nn3)C2)cc1. The zero-order valence-corrected chi connectivity index (χ0v) is 18.3. The predicted molar refractivity (Wildman–Crippen MR) is 119 cm³/mol. The number of hydrogen-bond acceptors (Lipinski definition) is 7. The van der Waals surface area contributed by atoms with Gasteiger partial charge in [-0.15, -0.1) is 10.2 Å². The molecule has 1 aliphatic rings. The monoisotopic (exact) mass is 455 g/mol. The minimum atomic E-state index is -3.70. The number of nitrogens with zero attached hydrogens (tertiary/aromatic N) is 3. The van der Waals surface area contributed by atoms with Gasteiger partial charge in [-0.25, -0.2) is 13.6 Å². The summed E-state index contributed by atoms with van der Waals surface area (Å²) < 4.78 is 28.0. The standard InChI is InChI=1S/C22H25N5O4S/c23-32(29,30)18-7-5-16(6-8-18)11-12-24-22(28)17-3-1-13-27(15-17)21-10-9-19(25-26-21)20-4-2-14-31-20/h2,4-10,14,17H,1,3,11-13,15H2,(H,24,28)(H2,23,29,30). The number of carbonyl (C=O) groups is 1. The fourth-order valence-electron chi connectivity index (χ4n) is 3.77. The molecule has 9 nitrogen and oxygen atoms in total. The van der Waals surface area contributed by atoms with Gasteiger partial charge in [0.2, 0.25) is 15.9 Å². The van der Waals surface area contributed by atoms with Crippen LogP contribution in [-0.4, -0.2) is 44.2 Å². The van der Waals surface area contributed by atoms with Crippen LogP contribution in [0.2, 0.25) is 0 Å². The first-order valence-electron chi connectivity index (χ1n) is 10.4. The Morgan fingerprint density at radius 2 is 1.97 bits per heavy atom. The van der Waals surface area contributed by atoms with Crippen molar-refractivity contribution in [2.45, 2.75) is 24.2 Å². The number of hydrogen-bond donors (Lipinski definition) is 2. The summed E-state index contributed by atoms with van der Waals surface area (Å²) >= 11 is 0. The Bertz CT molecular complexity index is 1150. The second-order valence-corrected chi connectivity index (χ2v) is 9.33. The minimum absolute atomic E-state index is 0.0102. The van der Waals surface area contributed by atoms with E-state index in [4.69, 9.17) is 9.56 Å². The molecule has 168 valence electrons. The number of anilines is 1. The highest BCUT2D eigenvalue weighted by Crippen LogP contribution is 2.23. The summed E-state index contributed by atoms with van der Waals surface area (Å²) in [7, 11) is -3.70. The molecule has 1 saturated heterocycles. The smallest absolute Gasteiger partial charge is 0.238 e. The number of carbonyl (C=O) groups excluding carboxylic acids is 1. The molecular formula is C22H25N5O4S. The zero-order valence-electron chi connectivity index (χ0n) is 17.5. The molecule has 1 amide bonds. The van der Waals surface area contributed by atoms with E-state index in [-0.39, 0.29) is 16.7 Å². The Labute approximate surface area is 186 Å². The van der Waals surface area contributed by atoms with Gasteiger partial charge in [0.15, 0.2) is 11.6 Å². The third-order valence-corrected chi connectivity index (χ3v) is 6.43. The summed E-state index contributed by atoms with van der Waals surface area (Å²) in [6, 6.07) is 13.8. The van der Waals surface area contributed by atoms with Crippen molar-refractivity contribution in [3.63, 3.8) is 0 Å². The highest BCUT2D eigenvalue weighted by molar-refractivity contribution is 7.89. The Kier molecular flexibility index (Phi) is 6.52. The number of nitrogens with one attached hydrogen (secondary N) is 1. The van der Waals surface area contributed by atoms with E-state index in [9.17, 15) is 13.2 Å². The molecule has 1 aliphatic heterocycles. The van der Waals surface area contributed by atoms with Crippen molar-refractivity contribution in [3.8, 4) is 11.5 Å². The van der Waals surface area contributed by atoms with Gasteiger partial charge < -0.3 is 14.6 Å². The number of furan rings is 1. The number of sulfonamides is 1. The molecule has 4 rings (SSSR count). The Balaban J connectivity index is 1.29. The zero-order chi connectivity index (χ0) is 22.6. The fraction of sp³-hybridized carbons (Fsp3) is 0.318. The van der Waals surface area contributed by atoms with E-state index in [1.807, 2.05) is 18.2 Å². The van der Waals surface area contributed by atoms with Crippen LogP contribution in [0.5, 0.6) is 0 Å². The van der Waals surface area contributed by atoms with E-state index in [0.717, 1.165) is 30.8 Å². The molecule has 2 aromatic heterocycles. The van der Waals surface area contributed by atoms with Crippen LogP contribution < -0.4 is 15.4 Å². The van der Waals surface area contributed by atoms with Gasteiger partial charge in [0.1, 0.15) is 5.69 Å². The molecule has 0 saturated carbocycles. The molecule has 1 fully saturated rings. The van der Waals surface area contributed by atoms with E-state index in [1.165, 1.54) is 12.1 Å². The summed E-state index contributed by atoms with van der Waals surface area (Å²) in [5.74, 6) is 1.29. The molecule has 0 spiro atoms. The van der Waals surface area contributed by atoms with Crippen LogP contribution in [0.15, 0.2) is 64.1 Å². The van der Waals surface area contributed by atoms with Crippen LogP contribution in [0.3, 0.4) is 0 Å². The Morgan fingerprint density at radius 3 is 2.62 bits per heavy atom. The van der Waals surface area contributed by atoms with Gasteiger partial charge in [0.25, 0.3) is 0 Å².